The largest absolute Gasteiger partial charge is 0.382 e. The molecule has 1 unspecified atom stereocenters. The van der Waals surface area contributed by atoms with Crippen LogP contribution in [-0.4, -0.2) is 70.4 Å². The molecule has 1 aliphatic rings. The van der Waals surface area contributed by atoms with Gasteiger partial charge in [0.15, 0.2) is 5.96 Å². The number of nitrogens with zero attached hydrogens (tertiary/aromatic N) is 2. The van der Waals surface area contributed by atoms with Crippen LogP contribution in [0.5, 0.6) is 0 Å². The van der Waals surface area contributed by atoms with Crippen LogP contribution in [0.2, 0.25) is 5.02 Å². The smallest absolute Gasteiger partial charge is 0.226 e. The minimum absolute atomic E-state index is 0.0563. The van der Waals surface area contributed by atoms with Gasteiger partial charge in [-0.3, -0.25) is 9.79 Å². The predicted octanol–water partition coefficient (Wildman–Crippen LogP) is 2.54. The van der Waals surface area contributed by atoms with Crippen LogP contribution in [0.25, 0.3) is 0 Å². The van der Waals surface area contributed by atoms with Crippen molar-refractivity contribution in [1.82, 2.24) is 10.2 Å². The molecular formula is C20H31ClN4O3. The second-order valence-corrected chi connectivity index (χ2v) is 7.26. The molecule has 0 bridgehead atoms. The Hall–Kier alpha value is -1.83. The van der Waals surface area contributed by atoms with Crippen LogP contribution in [0.3, 0.4) is 0 Å². The van der Waals surface area contributed by atoms with Crippen molar-refractivity contribution in [3.05, 3.63) is 28.8 Å². The molecule has 0 radical (unpaired) electrons. The van der Waals surface area contributed by atoms with Crippen molar-refractivity contribution in [2.75, 3.05) is 58.9 Å². The first-order chi connectivity index (χ1) is 13.5. The van der Waals surface area contributed by atoms with Crippen molar-refractivity contribution in [3.63, 3.8) is 0 Å². The van der Waals surface area contributed by atoms with E-state index in [-0.39, 0.29) is 5.91 Å². The van der Waals surface area contributed by atoms with Gasteiger partial charge in [-0.15, -0.1) is 0 Å². The zero-order valence-electron chi connectivity index (χ0n) is 17.0. The number of rotatable bonds is 9. The minimum Gasteiger partial charge on any atom is -0.382 e. The first kappa shape index (κ1) is 22.5. The molecule has 0 aromatic heterocycles. The molecule has 0 aliphatic carbocycles. The molecule has 0 saturated carbocycles. The first-order valence-electron chi connectivity index (χ1n) is 9.62. The Morgan fingerprint density at radius 3 is 2.96 bits per heavy atom. The minimum atomic E-state index is -0.0563. The monoisotopic (exact) mass is 410 g/mol. The summed E-state index contributed by atoms with van der Waals surface area (Å²) in [5.41, 5.74) is 1.62. The van der Waals surface area contributed by atoms with Crippen LogP contribution < -0.4 is 10.6 Å². The van der Waals surface area contributed by atoms with Crippen molar-refractivity contribution in [3.8, 4) is 0 Å². The lowest BCUT2D eigenvalue weighted by atomic mass is 10.1. The van der Waals surface area contributed by atoms with E-state index in [0.717, 1.165) is 43.3 Å². The molecule has 2 rings (SSSR count). The Labute approximate surface area is 172 Å². The van der Waals surface area contributed by atoms with Gasteiger partial charge in [-0.1, -0.05) is 17.7 Å². The van der Waals surface area contributed by atoms with Gasteiger partial charge in [0, 0.05) is 56.8 Å². The molecule has 8 heteroatoms. The summed E-state index contributed by atoms with van der Waals surface area (Å²) in [6, 6.07) is 5.49. The SMILES string of the molecule is CN=C(NCCC(=O)Nc1cccc(Cl)c1C)N1CCC(COCCOC)C1. The highest BCUT2D eigenvalue weighted by atomic mass is 35.5. The van der Waals surface area contributed by atoms with Crippen LogP contribution in [0.4, 0.5) is 5.69 Å². The summed E-state index contributed by atoms with van der Waals surface area (Å²) in [4.78, 5) is 18.8. The third kappa shape index (κ3) is 6.96. The average molecular weight is 411 g/mol. The Bertz CT molecular complexity index is 669. The summed E-state index contributed by atoms with van der Waals surface area (Å²) in [5, 5.41) is 6.83. The molecule has 156 valence electrons. The van der Waals surface area contributed by atoms with Gasteiger partial charge in [0.2, 0.25) is 5.91 Å². The van der Waals surface area contributed by atoms with Crippen molar-refractivity contribution < 1.29 is 14.3 Å². The molecule has 1 aliphatic heterocycles. The van der Waals surface area contributed by atoms with E-state index in [0.29, 0.717) is 37.1 Å². The fraction of sp³-hybridized carbons (Fsp3) is 0.600. The lowest BCUT2D eigenvalue weighted by Gasteiger charge is -2.21. The summed E-state index contributed by atoms with van der Waals surface area (Å²) in [6.45, 7) is 6.23. The van der Waals surface area contributed by atoms with Crippen molar-refractivity contribution >= 4 is 29.2 Å². The molecule has 1 atom stereocenters. The molecule has 1 amide bonds. The number of carbonyl (C=O) groups excluding carboxylic acids is 1. The van der Waals surface area contributed by atoms with E-state index in [1.807, 2.05) is 25.1 Å². The van der Waals surface area contributed by atoms with Gasteiger partial charge in [0.05, 0.1) is 19.8 Å². The van der Waals surface area contributed by atoms with Gasteiger partial charge >= 0.3 is 0 Å². The number of hydrogen-bond acceptors (Lipinski definition) is 4. The van der Waals surface area contributed by atoms with E-state index in [1.54, 1.807) is 14.2 Å². The molecule has 2 N–H and O–H groups in total. The number of ether oxygens (including phenoxy) is 2. The maximum absolute atomic E-state index is 12.2. The second-order valence-electron chi connectivity index (χ2n) is 6.85. The van der Waals surface area contributed by atoms with Gasteiger partial charge in [0.1, 0.15) is 0 Å². The third-order valence-electron chi connectivity index (χ3n) is 4.76. The molecule has 1 fully saturated rings. The van der Waals surface area contributed by atoms with Gasteiger partial charge in [0.25, 0.3) is 0 Å². The maximum atomic E-state index is 12.2. The van der Waals surface area contributed by atoms with Gasteiger partial charge < -0.3 is 25.0 Å². The summed E-state index contributed by atoms with van der Waals surface area (Å²) < 4.78 is 10.6. The van der Waals surface area contributed by atoms with E-state index in [4.69, 9.17) is 21.1 Å². The number of halogens is 1. The van der Waals surface area contributed by atoms with E-state index in [1.165, 1.54) is 0 Å². The topological polar surface area (TPSA) is 75.2 Å². The molecule has 1 aromatic rings. The third-order valence-corrected chi connectivity index (χ3v) is 5.17. The molecule has 1 heterocycles. The fourth-order valence-corrected chi connectivity index (χ4v) is 3.30. The fourth-order valence-electron chi connectivity index (χ4n) is 3.13. The lowest BCUT2D eigenvalue weighted by molar-refractivity contribution is -0.116. The lowest BCUT2D eigenvalue weighted by Crippen LogP contribution is -2.41. The number of guanidine groups is 1. The van der Waals surface area contributed by atoms with Crippen molar-refractivity contribution in [2.45, 2.75) is 19.8 Å². The standard InChI is InChI=1S/C20H31ClN4O3/c1-15-17(21)5-4-6-18(15)24-19(26)7-9-23-20(22-2)25-10-8-16(13-25)14-28-12-11-27-3/h4-6,16H,7-14H2,1-3H3,(H,22,23)(H,24,26). The zero-order chi connectivity index (χ0) is 20.4. The summed E-state index contributed by atoms with van der Waals surface area (Å²) in [5.74, 6) is 1.26. The maximum Gasteiger partial charge on any atom is 0.226 e. The highest BCUT2D eigenvalue weighted by Gasteiger charge is 2.24. The van der Waals surface area contributed by atoms with Crippen LogP contribution in [-0.2, 0) is 14.3 Å². The highest BCUT2D eigenvalue weighted by molar-refractivity contribution is 6.31. The Morgan fingerprint density at radius 2 is 2.21 bits per heavy atom. The number of carbonyl (C=O) groups is 1. The predicted molar refractivity (Wildman–Crippen MR) is 113 cm³/mol. The summed E-state index contributed by atoms with van der Waals surface area (Å²) in [7, 11) is 3.44. The number of amides is 1. The number of nitrogens with one attached hydrogen (secondary N) is 2. The molecule has 0 spiro atoms. The van der Waals surface area contributed by atoms with E-state index < -0.39 is 0 Å². The normalized spacial score (nSPS) is 17.1. The average Bonchev–Trinajstić information content (AvgIpc) is 3.15. The van der Waals surface area contributed by atoms with E-state index in [2.05, 4.69) is 20.5 Å². The second kappa shape index (κ2) is 11.9. The van der Waals surface area contributed by atoms with Crippen LogP contribution in [0.1, 0.15) is 18.4 Å². The van der Waals surface area contributed by atoms with Crippen LogP contribution in [0.15, 0.2) is 23.2 Å². The van der Waals surface area contributed by atoms with Crippen LogP contribution in [0, 0.1) is 12.8 Å². The number of likely N-dealkylation sites (tertiary alicyclic amines) is 1. The number of methoxy groups -OCH3 is 1. The molecular weight excluding hydrogens is 380 g/mol. The molecule has 1 aromatic carbocycles. The van der Waals surface area contributed by atoms with E-state index in [9.17, 15) is 4.79 Å². The Morgan fingerprint density at radius 1 is 1.39 bits per heavy atom. The highest BCUT2D eigenvalue weighted by Crippen LogP contribution is 2.23. The van der Waals surface area contributed by atoms with Gasteiger partial charge in [-0.25, -0.2) is 0 Å². The number of aliphatic imine (C=N–C) groups is 1. The van der Waals surface area contributed by atoms with Crippen LogP contribution >= 0.6 is 11.6 Å². The van der Waals surface area contributed by atoms with Gasteiger partial charge in [-0.05, 0) is 31.0 Å². The first-order valence-corrected chi connectivity index (χ1v) is 10.00. The zero-order valence-corrected chi connectivity index (χ0v) is 17.7. The quantitative estimate of drug-likeness (QED) is 0.371. The van der Waals surface area contributed by atoms with Crippen molar-refractivity contribution in [1.29, 1.82) is 0 Å². The van der Waals surface area contributed by atoms with Crippen molar-refractivity contribution in [2.24, 2.45) is 10.9 Å². The van der Waals surface area contributed by atoms with E-state index >= 15 is 0 Å². The Balaban J connectivity index is 1.71. The number of benzene rings is 1. The molecule has 7 nitrogen and oxygen atoms in total. The van der Waals surface area contributed by atoms with Gasteiger partial charge in [-0.2, -0.15) is 0 Å². The molecule has 1 saturated heterocycles. The Kier molecular flexibility index (Phi) is 9.54. The summed E-state index contributed by atoms with van der Waals surface area (Å²) in [6.07, 6.45) is 1.42. The summed E-state index contributed by atoms with van der Waals surface area (Å²) >= 11 is 6.09. The number of anilines is 1. The number of hydrogen-bond donors (Lipinski definition) is 2. The molecule has 28 heavy (non-hydrogen) atoms.